The molecule has 1 atom stereocenters. The van der Waals surface area contributed by atoms with Crippen molar-refractivity contribution in [2.24, 2.45) is 0 Å². The molecule has 3 rings (SSSR count). The maximum atomic E-state index is 12.9. The number of hydrogen-bond donors (Lipinski definition) is 1. The Morgan fingerprint density at radius 2 is 2.04 bits per heavy atom. The van der Waals surface area contributed by atoms with Crippen LogP contribution >= 0.6 is 0 Å². The molecule has 2 amide bonds. The smallest absolute Gasteiger partial charge is 0.254 e. The van der Waals surface area contributed by atoms with Crippen LogP contribution in [0, 0.1) is 0 Å². The first-order chi connectivity index (χ1) is 11.2. The molecule has 2 heterocycles. The summed E-state index contributed by atoms with van der Waals surface area (Å²) in [5, 5.41) is 1.08. The molecule has 0 bridgehead atoms. The number of carbonyl (C=O) groups excluding carboxylic acids is 2. The number of carbonyl (C=O) groups is 2. The van der Waals surface area contributed by atoms with Crippen LogP contribution < -0.4 is 0 Å². The average molecular weight is 313 g/mol. The summed E-state index contributed by atoms with van der Waals surface area (Å²) in [6, 6.07) is 7.31. The summed E-state index contributed by atoms with van der Waals surface area (Å²) in [6.45, 7) is 5.97. The number of nitrogens with zero attached hydrogens (tertiary/aromatic N) is 2. The monoisotopic (exact) mass is 313 g/mol. The zero-order valence-electron chi connectivity index (χ0n) is 13.7. The Bertz CT molecular complexity index is 718. The van der Waals surface area contributed by atoms with Crippen molar-refractivity contribution in [3.63, 3.8) is 0 Å². The molecule has 0 unspecified atom stereocenters. The fourth-order valence-electron chi connectivity index (χ4n) is 3.36. The summed E-state index contributed by atoms with van der Waals surface area (Å²) in [7, 11) is 0. The summed E-state index contributed by atoms with van der Waals surface area (Å²) in [5.74, 6) is 0.0197. The number of rotatable bonds is 4. The first-order valence-corrected chi connectivity index (χ1v) is 8.32. The lowest BCUT2D eigenvalue weighted by Gasteiger charge is -2.29. The lowest BCUT2D eigenvalue weighted by atomic mass is 10.1. The van der Waals surface area contributed by atoms with Crippen LogP contribution in [0.2, 0.25) is 0 Å². The summed E-state index contributed by atoms with van der Waals surface area (Å²) < 4.78 is 0. The fraction of sp³-hybridized carbons (Fsp3) is 0.444. The van der Waals surface area contributed by atoms with Crippen LogP contribution in [0.25, 0.3) is 10.9 Å². The van der Waals surface area contributed by atoms with Crippen molar-refractivity contribution in [2.75, 3.05) is 19.6 Å². The van der Waals surface area contributed by atoms with Gasteiger partial charge in [-0.1, -0.05) is 6.07 Å². The van der Waals surface area contributed by atoms with Gasteiger partial charge in [0.1, 0.15) is 6.04 Å². The topological polar surface area (TPSA) is 56.4 Å². The van der Waals surface area contributed by atoms with Crippen LogP contribution in [0.15, 0.2) is 30.5 Å². The molecule has 122 valence electrons. The average Bonchev–Trinajstić information content (AvgIpc) is 3.23. The number of H-pyrrole nitrogens is 1. The van der Waals surface area contributed by atoms with Gasteiger partial charge in [0.15, 0.2) is 0 Å². The minimum atomic E-state index is -0.318. The molecule has 2 aromatic rings. The molecular weight excluding hydrogens is 290 g/mol. The molecule has 1 aromatic heterocycles. The zero-order valence-corrected chi connectivity index (χ0v) is 13.7. The Hall–Kier alpha value is -2.30. The number of likely N-dealkylation sites (N-methyl/N-ethyl adjacent to an activating group) is 1. The van der Waals surface area contributed by atoms with E-state index in [4.69, 9.17) is 0 Å². The first-order valence-electron chi connectivity index (χ1n) is 8.32. The Labute approximate surface area is 136 Å². The van der Waals surface area contributed by atoms with Gasteiger partial charge in [-0.3, -0.25) is 9.59 Å². The van der Waals surface area contributed by atoms with Crippen molar-refractivity contribution in [3.8, 4) is 0 Å². The maximum Gasteiger partial charge on any atom is 0.254 e. The van der Waals surface area contributed by atoms with E-state index in [9.17, 15) is 9.59 Å². The third-order valence-corrected chi connectivity index (χ3v) is 4.68. The molecule has 1 aromatic carbocycles. The van der Waals surface area contributed by atoms with Crippen LogP contribution in [0.4, 0.5) is 0 Å². The predicted octanol–water partition coefficient (Wildman–Crippen LogP) is 2.64. The molecule has 5 heteroatoms. The van der Waals surface area contributed by atoms with Crippen LogP contribution in [0.1, 0.15) is 37.0 Å². The standard InChI is InChI=1S/C18H23N3O2/c1-3-20(4-2)18(23)16-6-5-11-21(16)17(22)14-8-7-13-9-10-19-15(13)12-14/h7-10,12,16,19H,3-6,11H2,1-2H3/t16-/m0/s1. The Balaban J connectivity index is 1.83. The van der Waals surface area contributed by atoms with Crippen LogP contribution in [0.5, 0.6) is 0 Å². The lowest BCUT2D eigenvalue weighted by molar-refractivity contribution is -0.134. The number of nitrogens with one attached hydrogen (secondary N) is 1. The van der Waals surface area contributed by atoms with Gasteiger partial charge in [-0.05, 0) is 50.3 Å². The lowest BCUT2D eigenvalue weighted by Crippen LogP contribution is -2.47. The largest absolute Gasteiger partial charge is 0.361 e. The number of hydrogen-bond acceptors (Lipinski definition) is 2. The van der Waals surface area contributed by atoms with E-state index in [0.29, 0.717) is 25.2 Å². The van der Waals surface area contributed by atoms with E-state index in [1.54, 1.807) is 4.90 Å². The molecule has 0 aliphatic carbocycles. The van der Waals surface area contributed by atoms with Crippen molar-refractivity contribution < 1.29 is 9.59 Å². The van der Waals surface area contributed by atoms with Gasteiger partial charge in [0.05, 0.1) is 0 Å². The van der Waals surface area contributed by atoms with Gasteiger partial charge in [-0.2, -0.15) is 0 Å². The highest BCUT2D eigenvalue weighted by Crippen LogP contribution is 2.23. The highest BCUT2D eigenvalue weighted by Gasteiger charge is 2.36. The third-order valence-electron chi connectivity index (χ3n) is 4.68. The summed E-state index contributed by atoms with van der Waals surface area (Å²) in [4.78, 5) is 32.2. The number of aromatic nitrogens is 1. The molecule has 23 heavy (non-hydrogen) atoms. The SMILES string of the molecule is CCN(CC)C(=O)[C@@H]1CCCN1C(=O)c1ccc2cc[nH]c2c1. The van der Waals surface area contributed by atoms with Gasteiger partial charge in [-0.25, -0.2) is 0 Å². The number of amides is 2. The van der Waals surface area contributed by atoms with Gasteiger partial charge < -0.3 is 14.8 Å². The highest BCUT2D eigenvalue weighted by atomic mass is 16.2. The predicted molar refractivity (Wildman–Crippen MR) is 90.3 cm³/mol. The second-order valence-corrected chi connectivity index (χ2v) is 5.95. The molecule has 1 saturated heterocycles. The second-order valence-electron chi connectivity index (χ2n) is 5.95. The van der Waals surface area contributed by atoms with Crippen molar-refractivity contribution in [3.05, 3.63) is 36.0 Å². The minimum Gasteiger partial charge on any atom is -0.361 e. The molecule has 5 nitrogen and oxygen atoms in total. The van der Waals surface area contributed by atoms with E-state index in [1.807, 2.05) is 49.2 Å². The van der Waals surface area contributed by atoms with E-state index in [-0.39, 0.29) is 17.9 Å². The van der Waals surface area contributed by atoms with Crippen molar-refractivity contribution in [2.45, 2.75) is 32.7 Å². The third kappa shape index (κ3) is 2.83. The number of benzene rings is 1. The van der Waals surface area contributed by atoms with Crippen molar-refractivity contribution in [1.29, 1.82) is 0 Å². The maximum absolute atomic E-state index is 12.9. The Morgan fingerprint density at radius 1 is 1.26 bits per heavy atom. The normalized spacial score (nSPS) is 17.7. The van der Waals surface area contributed by atoms with E-state index in [0.717, 1.165) is 23.7 Å². The number of aromatic amines is 1. The van der Waals surface area contributed by atoms with Gasteiger partial charge in [-0.15, -0.1) is 0 Å². The quantitative estimate of drug-likeness (QED) is 0.943. The van der Waals surface area contributed by atoms with Crippen LogP contribution in [-0.4, -0.2) is 52.3 Å². The van der Waals surface area contributed by atoms with Crippen LogP contribution in [0.3, 0.4) is 0 Å². The fourth-order valence-corrected chi connectivity index (χ4v) is 3.36. The Kier molecular flexibility index (Phi) is 4.37. The molecule has 0 saturated carbocycles. The summed E-state index contributed by atoms with van der Waals surface area (Å²) in [5.41, 5.74) is 1.58. The second kappa shape index (κ2) is 6.44. The molecule has 0 spiro atoms. The van der Waals surface area contributed by atoms with Gasteiger partial charge in [0.25, 0.3) is 5.91 Å². The van der Waals surface area contributed by atoms with E-state index in [2.05, 4.69) is 4.98 Å². The highest BCUT2D eigenvalue weighted by molar-refractivity contribution is 6.00. The van der Waals surface area contributed by atoms with Gasteiger partial charge in [0, 0.05) is 36.9 Å². The zero-order chi connectivity index (χ0) is 16.4. The van der Waals surface area contributed by atoms with E-state index >= 15 is 0 Å². The van der Waals surface area contributed by atoms with E-state index in [1.165, 1.54) is 0 Å². The molecule has 1 aliphatic rings. The van der Waals surface area contributed by atoms with Crippen LogP contribution in [-0.2, 0) is 4.79 Å². The summed E-state index contributed by atoms with van der Waals surface area (Å²) >= 11 is 0. The van der Waals surface area contributed by atoms with Gasteiger partial charge >= 0.3 is 0 Å². The van der Waals surface area contributed by atoms with Crippen molar-refractivity contribution >= 4 is 22.7 Å². The molecule has 1 aliphatic heterocycles. The first kappa shape index (κ1) is 15.6. The molecule has 1 N–H and O–H groups in total. The molecular formula is C18H23N3O2. The summed E-state index contributed by atoms with van der Waals surface area (Å²) in [6.07, 6.45) is 3.50. The Morgan fingerprint density at radius 3 is 2.78 bits per heavy atom. The van der Waals surface area contributed by atoms with Crippen molar-refractivity contribution in [1.82, 2.24) is 14.8 Å². The molecule has 0 radical (unpaired) electrons. The van der Waals surface area contributed by atoms with E-state index < -0.39 is 0 Å². The molecule has 1 fully saturated rings. The number of fused-ring (bicyclic) bond motifs is 1. The number of likely N-dealkylation sites (tertiary alicyclic amines) is 1. The van der Waals surface area contributed by atoms with Gasteiger partial charge in [0.2, 0.25) is 5.91 Å². The minimum absolute atomic E-state index is 0.0514.